The van der Waals surface area contributed by atoms with Gasteiger partial charge in [0, 0.05) is 37.8 Å². The van der Waals surface area contributed by atoms with Crippen LogP contribution < -0.4 is 4.90 Å². The lowest BCUT2D eigenvalue weighted by atomic mass is 9.82. The van der Waals surface area contributed by atoms with Gasteiger partial charge >= 0.3 is 0 Å². The standard InChI is InChI=1S/C26H26N2O/c29-24-12-15-28(21-9-2-1-3-10-21)26(24)13-16-27(17-14-26)23-18-20-8-4-6-19-7-5-11-22(23)25(19)20/h1-11,23H,12-18H2. The molecule has 3 aromatic carbocycles. The van der Waals surface area contributed by atoms with Crippen molar-refractivity contribution >= 4 is 22.2 Å². The molecule has 3 aromatic rings. The molecular formula is C26H26N2O. The first-order valence-electron chi connectivity index (χ1n) is 10.9. The minimum Gasteiger partial charge on any atom is -0.358 e. The number of hydrogen-bond acceptors (Lipinski definition) is 3. The predicted octanol–water partition coefficient (Wildman–Crippen LogP) is 4.75. The van der Waals surface area contributed by atoms with Crippen molar-refractivity contribution in [2.45, 2.75) is 37.3 Å². The third-order valence-corrected chi connectivity index (χ3v) is 7.53. The number of benzene rings is 3. The summed E-state index contributed by atoms with van der Waals surface area (Å²) in [7, 11) is 0. The summed E-state index contributed by atoms with van der Waals surface area (Å²) in [6.45, 7) is 2.84. The number of piperidine rings is 1. The van der Waals surface area contributed by atoms with Gasteiger partial charge in [0.15, 0.2) is 5.78 Å². The van der Waals surface area contributed by atoms with Crippen LogP contribution in [0.3, 0.4) is 0 Å². The second kappa shape index (κ2) is 6.43. The molecule has 2 fully saturated rings. The number of nitrogens with zero attached hydrogens (tertiary/aromatic N) is 2. The van der Waals surface area contributed by atoms with Crippen LogP contribution in [-0.2, 0) is 11.2 Å². The minimum absolute atomic E-state index is 0.296. The van der Waals surface area contributed by atoms with E-state index in [-0.39, 0.29) is 5.54 Å². The van der Waals surface area contributed by atoms with E-state index in [0.717, 1.165) is 38.9 Å². The Hall–Kier alpha value is -2.65. The maximum absolute atomic E-state index is 13.0. The average Bonchev–Trinajstić information content (AvgIpc) is 3.30. The van der Waals surface area contributed by atoms with Gasteiger partial charge in [-0.15, -0.1) is 0 Å². The van der Waals surface area contributed by atoms with Gasteiger partial charge in [0.1, 0.15) is 5.54 Å². The summed E-state index contributed by atoms with van der Waals surface area (Å²) >= 11 is 0. The molecule has 2 heterocycles. The molecule has 2 aliphatic heterocycles. The van der Waals surface area contributed by atoms with Crippen molar-refractivity contribution in [1.29, 1.82) is 0 Å². The fraction of sp³-hybridized carbons (Fsp3) is 0.346. The summed E-state index contributed by atoms with van der Waals surface area (Å²) in [4.78, 5) is 18.1. The molecule has 1 spiro atoms. The van der Waals surface area contributed by atoms with Gasteiger partial charge in [-0.2, -0.15) is 0 Å². The molecule has 1 aliphatic carbocycles. The highest BCUT2D eigenvalue weighted by Crippen LogP contribution is 2.44. The molecule has 146 valence electrons. The Balaban J connectivity index is 1.28. The Morgan fingerprint density at radius 2 is 1.59 bits per heavy atom. The number of hydrogen-bond donors (Lipinski definition) is 0. The van der Waals surface area contributed by atoms with Crippen molar-refractivity contribution in [1.82, 2.24) is 4.90 Å². The Bertz CT molecular complexity index is 1080. The summed E-state index contributed by atoms with van der Waals surface area (Å²) in [5.41, 5.74) is 3.86. The zero-order valence-electron chi connectivity index (χ0n) is 16.7. The van der Waals surface area contributed by atoms with E-state index in [9.17, 15) is 4.79 Å². The van der Waals surface area contributed by atoms with Gasteiger partial charge in [0.05, 0.1) is 0 Å². The lowest BCUT2D eigenvalue weighted by Gasteiger charge is -2.46. The molecule has 1 atom stereocenters. The topological polar surface area (TPSA) is 23.6 Å². The van der Waals surface area contributed by atoms with Crippen LogP contribution >= 0.6 is 0 Å². The molecule has 6 rings (SSSR count). The molecule has 0 bridgehead atoms. The number of carbonyl (C=O) groups is 1. The van der Waals surface area contributed by atoms with Gasteiger partial charge in [0.25, 0.3) is 0 Å². The second-order valence-electron chi connectivity index (χ2n) is 8.81. The Morgan fingerprint density at radius 3 is 2.38 bits per heavy atom. The number of para-hydroxylation sites is 1. The van der Waals surface area contributed by atoms with Crippen molar-refractivity contribution in [3.63, 3.8) is 0 Å². The minimum atomic E-state index is -0.296. The molecule has 0 saturated carbocycles. The number of Topliss-reactive ketones (excluding diaryl/α,β-unsaturated/α-hetero) is 1. The van der Waals surface area contributed by atoms with Crippen molar-refractivity contribution in [3.8, 4) is 0 Å². The molecule has 1 unspecified atom stereocenters. The smallest absolute Gasteiger partial charge is 0.160 e. The summed E-state index contributed by atoms with van der Waals surface area (Å²) in [6.07, 6.45) is 3.65. The van der Waals surface area contributed by atoms with Gasteiger partial charge in [-0.1, -0.05) is 54.6 Å². The van der Waals surface area contributed by atoms with E-state index in [2.05, 4.69) is 76.5 Å². The maximum Gasteiger partial charge on any atom is 0.160 e. The van der Waals surface area contributed by atoms with Gasteiger partial charge in [0.2, 0.25) is 0 Å². The number of rotatable bonds is 2. The van der Waals surface area contributed by atoms with Crippen LogP contribution in [0.4, 0.5) is 5.69 Å². The molecule has 0 radical (unpaired) electrons. The summed E-state index contributed by atoms with van der Waals surface area (Å²) in [5.74, 6) is 0.442. The number of carbonyl (C=O) groups excluding carboxylic acids is 1. The molecule has 3 heteroatoms. The Kier molecular flexibility index (Phi) is 3.82. The number of ketones is 1. The Morgan fingerprint density at radius 1 is 0.828 bits per heavy atom. The molecule has 3 aliphatic rings. The average molecular weight is 383 g/mol. The van der Waals surface area contributed by atoms with Crippen molar-refractivity contribution in [3.05, 3.63) is 77.9 Å². The van der Waals surface area contributed by atoms with Crippen molar-refractivity contribution in [2.24, 2.45) is 0 Å². The van der Waals surface area contributed by atoms with Crippen LogP contribution in [-0.4, -0.2) is 35.9 Å². The van der Waals surface area contributed by atoms with Crippen LogP contribution in [0.25, 0.3) is 10.8 Å². The first-order valence-corrected chi connectivity index (χ1v) is 10.9. The SMILES string of the molecule is O=C1CCN(c2ccccc2)C12CCN(C1Cc3cccc4cccc1c34)CC2. The zero-order chi connectivity index (χ0) is 19.4. The predicted molar refractivity (Wildman–Crippen MR) is 117 cm³/mol. The summed E-state index contributed by atoms with van der Waals surface area (Å²) in [5, 5.41) is 2.82. The second-order valence-corrected chi connectivity index (χ2v) is 8.81. The normalized spacial score (nSPS) is 23.4. The molecule has 0 aromatic heterocycles. The van der Waals surface area contributed by atoms with E-state index >= 15 is 0 Å². The fourth-order valence-corrected chi connectivity index (χ4v) is 6.09. The maximum atomic E-state index is 13.0. The lowest BCUT2D eigenvalue weighted by molar-refractivity contribution is -0.123. The molecule has 2 saturated heterocycles. The van der Waals surface area contributed by atoms with E-state index in [0.29, 0.717) is 18.2 Å². The third kappa shape index (κ3) is 2.50. The Labute approximate surface area is 171 Å². The van der Waals surface area contributed by atoms with Gasteiger partial charge in [-0.3, -0.25) is 9.69 Å². The monoisotopic (exact) mass is 382 g/mol. The van der Waals surface area contributed by atoms with Crippen LogP contribution in [0.15, 0.2) is 66.7 Å². The van der Waals surface area contributed by atoms with E-state index in [1.807, 2.05) is 0 Å². The van der Waals surface area contributed by atoms with Gasteiger partial charge in [-0.05, 0) is 53.3 Å². The molecule has 29 heavy (non-hydrogen) atoms. The summed E-state index contributed by atoms with van der Waals surface area (Å²) < 4.78 is 0. The van der Waals surface area contributed by atoms with Gasteiger partial charge < -0.3 is 4.90 Å². The third-order valence-electron chi connectivity index (χ3n) is 7.53. The highest BCUT2D eigenvalue weighted by molar-refractivity contribution is 5.96. The highest BCUT2D eigenvalue weighted by Gasteiger charge is 2.50. The van der Waals surface area contributed by atoms with E-state index in [1.54, 1.807) is 0 Å². The molecule has 3 nitrogen and oxygen atoms in total. The van der Waals surface area contributed by atoms with E-state index in [4.69, 9.17) is 0 Å². The molecule has 0 amide bonds. The van der Waals surface area contributed by atoms with Crippen LogP contribution in [0.2, 0.25) is 0 Å². The highest BCUT2D eigenvalue weighted by atomic mass is 16.1. The number of likely N-dealkylation sites (tertiary alicyclic amines) is 1. The van der Waals surface area contributed by atoms with Crippen LogP contribution in [0, 0.1) is 0 Å². The van der Waals surface area contributed by atoms with E-state index in [1.165, 1.54) is 27.6 Å². The van der Waals surface area contributed by atoms with Crippen LogP contribution in [0.5, 0.6) is 0 Å². The summed E-state index contributed by atoms with van der Waals surface area (Å²) in [6, 6.07) is 24.4. The van der Waals surface area contributed by atoms with Crippen LogP contribution in [0.1, 0.15) is 36.4 Å². The van der Waals surface area contributed by atoms with Crippen molar-refractivity contribution < 1.29 is 4.79 Å². The molecule has 0 N–H and O–H groups in total. The lowest BCUT2D eigenvalue weighted by Crippen LogP contribution is -2.56. The number of anilines is 1. The first kappa shape index (κ1) is 17.2. The largest absolute Gasteiger partial charge is 0.358 e. The fourth-order valence-electron chi connectivity index (χ4n) is 6.09. The quantitative estimate of drug-likeness (QED) is 0.639. The molecular weight excluding hydrogens is 356 g/mol. The van der Waals surface area contributed by atoms with E-state index < -0.39 is 0 Å². The zero-order valence-corrected chi connectivity index (χ0v) is 16.7. The first-order chi connectivity index (χ1) is 14.3. The van der Waals surface area contributed by atoms with Gasteiger partial charge in [-0.25, -0.2) is 0 Å². The van der Waals surface area contributed by atoms with Crippen molar-refractivity contribution in [2.75, 3.05) is 24.5 Å².